The molecule has 0 aliphatic heterocycles. The maximum Gasteiger partial charge on any atom is 0.248 e. The van der Waals surface area contributed by atoms with E-state index in [9.17, 15) is 10.0 Å². The first-order chi connectivity index (χ1) is 12.1. The summed E-state index contributed by atoms with van der Waals surface area (Å²) in [4.78, 5) is 11.4. The smallest absolute Gasteiger partial charge is 0.248 e. The van der Waals surface area contributed by atoms with Crippen molar-refractivity contribution >= 4 is 38.5 Å². The second kappa shape index (κ2) is 6.04. The lowest BCUT2D eigenvalue weighted by atomic mass is 9.93. The van der Waals surface area contributed by atoms with Crippen LogP contribution in [0.3, 0.4) is 0 Å². The molecule has 0 spiro atoms. The van der Waals surface area contributed by atoms with Crippen LogP contribution in [0.4, 0.5) is 0 Å². The molecule has 0 unspecified atom stereocenters. The molecule has 3 aromatic rings. The number of aromatic nitrogens is 1. The van der Waals surface area contributed by atoms with Crippen LogP contribution in [0.5, 0.6) is 0 Å². The van der Waals surface area contributed by atoms with Gasteiger partial charge in [-0.3, -0.25) is 4.79 Å². The zero-order valence-electron chi connectivity index (χ0n) is 13.4. The average molecular weight is 398 g/mol. The summed E-state index contributed by atoms with van der Waals surface area (Å²) >= 11 is 3.57. The van der Waals surface area contributed by atoms with Crippen LogP contribution in [0.1, 0.15) is 34.5 Å². The SMILES string of the molecule is NC(=O)c1ccc(-n2c3c(c4ccccc42)C(=NO)CCC3)c(Br)c1. The maximum atomic E-state index is 11.4. The first kappa shape index (κ1) is 15.9. The van der Waals surface area contributed by atoms with E-state index in [1.807, 2.05) is 24.3 Å². The van der Waals surface area contributed by atoms with Crippen molar-refractivity contribution in [1.82, 2.24) is 4.57 Å². The van der Waals surface area contributed by atoms with Gasteiger partial charge in [0, 0.05) is 26.7 Å². The molecule has 1 amide bonds. The fourth-order valence-corrected chi connectivity index (χ4v) is 4.17. The molecule has 0 saturated carbocycles. The Morgan fingerprint density at radius 3 is 2.72 bits per heavy atom. The molecule has 5 nitrogen and oxygen atoms in total. The molecule has 0 atom stereocenters. The molecular weight excluding hydrogens is 382 g/mol. The minimum Gasteiger partial charge on any atom is -0.411 e. The highest BCUT2D eigenvalue weighted by molar-refractivity contribution is 9.10. The molecule has 0 saturated heterocycles. The highest BCUT2D eigenvalue weighted by Crippen LogP contribution is 2.36. The number of benzene rings is 2. The second-order valence-corrected chi connectivity index (χ2v) is 6.96. The minimum absolute atomic E-state index is 0.457. The molecule has 0 radical (unpaired) electrons. The number of halogens is 1. The van der Waals surface area contributed by atoms with Crippen molar-refractivity contribution in [3.8, 4) is 5.69 Å². The van der Waals surface area contributed by atoms with Crippen molar-refractivity contribution in [2.45, 2.75) is 19.3 Å². The Labute approximate surface area is 152 Å². The molecule has 6 heteroatoms. The van der Waals surface area contributed by atoms with Crippen LogP contribution in [0, 0.1) is 0 Å². The zero-order chi connectivity index (χ0) is 17.6. The van der Waals surface area contributed by atoms with Crippen molar-refractivity contribution in [2.75, 3.05) is 0 Å². The predicted molar refractivity (Wildman–Crippen MR) is 101 cm³/mol. The zero-order valence-corrected chi connectivity index (χ0v) is 15.0. The lowest BCUT2D eigenvalue weighted by Gasteiger charge is -2.18. The Bertz CT molecular complexity index is 1040. The van der Waals surface area contributed by atoms with Crippen LogP contribution in [-0.2, 0) is 6.42 Å². The molecule has 4 rings (SSSR count). The van der Waals surface area contributed by atoms with Gasteiger partial charge in [0.1, 0.15) is 0 Å². The van der Waals surface area contributed by atoms with Crippen LogP contribution >= 0.6 is 15.9 Å². The van der Waals surface area contributed by atoms with Crippen molar-refractivity contribution in [3.63, 3.8) is 0 Å². The van der Waals surface area contributed by atoms with Crippen molar-refractivity contribution in [3.05, 3.63) is 63.8 Å². The highest BCUT2D eigenvalue weighted by atomic mass is 79.9. The normalized spacial score (nSPS) is 15.5. The summed E-state index contributed by atoms with van der Waals surface area (Å²) in [5.41, 5.74) is 10.7. The third-order valence-corrected chi connectivity index (χ3v) is 5.32. The molecule has 3 N–H and O–H groups in total. The maximum absolute atomic E-state index is 11.4. The van der Waals surface area contributed by atoms with E-state index in [2.05, 4.69) is 31.7 Å². The molecule has 1 heterocycles. The predicted octanol–water partition coefficient (Wildman–Crippen LogP) is 4.01. The van der Waals surface area contributed by atoms with E-state index < -0.39 is 5.91 Å². The Balaban J connectivity index is 2.05. The van der Waals surface area contributed by atoms with Crippen LogP contribution < -0.4 is 5.73 Å². The molecule has 1 aliphatic rings. The molecule has 25 heavy (non-hydrogen) atoms. The topological polar surface area (TPSA) is 80.6 Å². The fraction of sp³-hybridized carbons (Fsp3) is 0.158. The number of oxime groups is 1. The number of rotatable bonds is 2. The number of amides is 1. The quantitative estimate of drug-likeness (QED) is 0.505. The van der Waals surface area contributed by atoms with Gasteiger partial charge in [-0.25, -0.2) is 0 Å². The standard InChI is InChI=1S/C19H16BrN3O2/c20-13-10-11(19(21)24)8-9-16(13)23-15-6-2-1-4-12(15)18-14(22-25)5-3-7-17(18)23/h1-2,4,6,8-10,25H,3,5,7H2,(H2,21,24). The number of hydrogen-bond donors (Lipinski definition) is 2. The summed E-state index contributed by atoms with van der Waals surface area (Å²) in [6.07, 6.45) is 2.59. The highest BCUT2D eigenvalue weighted by Gasteiger charge is 2.26. The van der Waals surface area contributed by atoms with E-state index in [0.717, 1.165) is 57.3 Å². The van der Waals surface area contributed by atoms with Crippen LogP contribution in [0.2, 0.25) is 0 Å². The Hall–Kier alpha value is -2.60. The Morgan fingerprint density at radius 2 is 2.00 bits per heavy atom. The number of carbonyl (C=O) groups is 1. The summed E-state index contributed by atoms with van der Waals surface area (Å²) in [7, 11) is 0. The summed E-state index contributed by atoms with van der Waals surface area (Å²) in [5.74, 6) is -0.457. The van der Waals surface area contributed by atoms with Crippen LogP contribution in [0.15, 0.2) is 52.1 Å². The van der Waals surface area contributed by atoms with Gasteiger partial charge in [-0.15, -0.1) is 0 Å². The van der Waals surface area contributed by atoms with E-state index in [4.69, 9.17) is 5.73 Å². The molecule has 0 bridgehead atoms. The number of primary amides is 1. The lowest BCUT2D eigenvalue weighted by molar-refractivity contribution is 0.1000. The van der Waals surface area contributed by atoms with E-state index in [-0.39, 0.29) is 0 Å². The first-order valence-corrected chi connectivity index (χ1v) is 8.84. The number of nitrogens with two attached hydrogens (primary N) is 1. The molecule has 2 aromatic carbocycles. The van der Waals surface area contributed by atoms with Gasteiger partial charge in [0.05, 0.1) is 16.9 Å². The second-order valence-electron chi connectivity index (χ2n) is 6.10. The molecule has 1 aromatic heterocycles. The van der Waals surface area contributed by atoms with Crippen molar-refractivity contribution in [1.29, 1.82) is 0 Å². The van der Waals surface area contributed by atoms with Gasteiger partial charge in [0.25, 0.3) is 0 Å². The van der Waals surface area contributed by atoms with Gasteiger partial charge in [-0.1, -0.05) is 23.4 Å². The molecule has 0 fully saturated rings. The van der Waals surface area contributed by atoms with Gasteiger partial charge in [0.15, 0.2) is 0 Å². The average Bonchev–Trinajstić information content (AvgIpc) is 2.96. The summed E-state index contributed by atoms with van der Waals surface area (Å²) in [5, 5.41) is 14.0. The number of carbonyl (C=O) groups excluding carboxylic acids is 1. The molecular formula is C19H16BrN3O2. The Kier molecular flexibility index (Phi) is 3.84. The lowest BCUT2D eigenvalue weighted by Crippen LogP contribution is -2.14. The van der Waals surface area contributed by atoms with Gasteiger partial charge >= 0.3 is 0 Å². The van der Waals surface area contributed by atoms with E-state index in [1.165, 1.54) is 0 Å². The monoisotopic (exact) mass is 397 g/mol. The van der Waals surface area contributed by atoms with E-state index >= 15 is 0 Å². The summed E-state index contributed by atoms with van der Waals surface area (Å²) < 4.78 is 2.96. The number of nitrogens with zero attached hydrogens (tertiary/aromatic N) is 2. The minimum atomic E-state index is -0.457. The van der Waals surface area contributed by atoms with Crippen LogP contribution in [-0.4, -0.2) is 21.4 Å². The van der Waals surface area contributed by atoms with Gasteiger partial charge in [0.2, 0.25) is 5.91 Å². The van der Waals surface area contributed by atoms with Crippen molar-refractivity contribution in [2.24, 2.45) is 10.9 Å². The van der Waals surface area contributed by atoms with Crippen LogP contribution in [0.25, 0.3) is 16.6 Å². The number of para-hydroxylation sites is 1. The molecule has 1 aliphatic carbocycles. The summed E-state index contributed by atoms with van der Waals surface area (Å²) in [6, 6.07) is 13.4. The van der Waals surface area contributed by atoms with Gasteiger partial charge in [-0.2, -0.15) is 0 Å². The number of hydrogen-bond acceptors (Lipinski definition) is 3. The fourth-order valence-electron chi connectivity index (χ4n) is 3.62. The van der Waals surface area contributed by atoms with E-state index in [1.54, 1.807) is 12.1 Å². The van der Waals surface area contributed by atoms with Crippen molar-refractivity contribution < 1.29 is 10.0 Å². The van der Waals surface area contributed by atoms with E-state index in [0.29, 0.717) is 5.56 Å². The largest absolute Gasteiger partial charge is 0.411 e. The summed E-state index contributed by atoms with van der Waals surface area (Å²) in [6.45, 7) is 0. The first-order valence-electron chi connectivity index (χ1n) is 8.05. The number of fused-ring (bicyclic) bond motifs is 3. The van der Waals surface area contributed by atoms with Gasteiger partial charge in [-0.05, 0) is 59.5 Å². The van der Waals surface area contributed by atoms with Gasteiger partial charge < -0.3 is 15.5 Å². The molecule has 126 valence electrons. The third kappa shape index (κ3) is 2.44. The Morgan fingerprint density at radius 1 is 1.20 bits per heavy atom. The third-order valence-electron chi connectivity index (χ3n) is 4.68.